The van der Waals surface area contributed by atoms with Gasteiger partial charge in [0.2, 0.25) is 5.91 Å². The quantitative estimate of drug-likeness (QED) is 0.641. The predicted octanol–water partition coefficient (Wildman–Crippen LogP) is 3.55. The number of nitrogens with zero attached hydrogens (tertiary/aromatic N) is 6. The van der Waals surface area contributed by atoms with E-state index in [1.807, 2.05) is 29.2 Å². The van der Waals surface area contributed by atoms with Crippen molar-refractivity contribution in [2.75, 3.05) is 31.1 Å². The highest BCUT2D eigenvalue weighted by Gasteiger charge is 2.27. The van der Waals surface area contributed by atoms with Gasteiger partial charge in [-0.2, -0.15) is 5.10 Å². The highest BCUT2D eigenvalue weighted by atomic mass is 35.5. The summed E-state index contributed by atoms with van der Waals surface area (Å²) >= 11 is 6.13. The lowest BCUT2D eigenvalue weighted by Gasteiger charge is -2.37. The lowest BCUT2D eigenvalue weighted by molar-refractivity contribution is -0.136. The number of hydrogen-bond acceptors (Lipinski definition) is 5. The van der Waals surface area contributed by atoms with Crippen LogP contribution in [0.5, 0.6) is 0 Å². The van der Waals surface area contributed by atoms with Gasteiger partial charge in [0.25, 0.3) is 0 Å². The summed E-state index contributed by atoms with van der Waals surface area (Å²) in [6.45, 7) is 7.09. The molecule has 152 valence electrons. The molecule has 0 atom stereocenters. The highest BCUT2D eigenvalue weighted by molar-refractivity contribution is 6.30. The minimum Gasteiger partial charge on any atom is -0.352 e. The van der Waals surface area contributed by atoms with E-state index in [4.69, 9.17) is 11.6 Å². The topological polar surface area (TPSA) is 67.2 Å². The lowest BCUT2D eigenvalue weighted by Crippen LogP contribution is -2.50. The fraction of sp³-hybridized carbons (Fsp3) is 0.429. The molecule has 1 aliphatic rings. The van der Waals surface area contributed by atoms with Gasteiger partial charge in [0.1, 0.15) is 12.1 Å². The van der Waals surface area contributed by atoms with Crippen LogP contribution >= 0.6 is 11.6 Å². The Morgan fingerprint density at radius 3 is 2.59 bits per heavy atom. The third kappa shape index (κ3) is 3.79. The molecule has 1 aliphatic heterocycles. The van der Waals surface area contributed by atoms with Gasteiger partial charge in [0.05, 0.1) is 17.3 Å². The maximum atomic E-state index is 12.7. The van der Waals surface area contributed by atoms with Crippen LogP contribution in [0.1, 0.15) is 26.7 Å². The molecular weight excluding hydrogens is 388 g/mol. The third-order valence-corrected chi connectivity index (χ3v) is 5.86. The Morgan fingerprint density at radius 1 is 1.14 bits per heavy atom. The van der Waals surface area contributed by atoms with Crippen LogP contribution in [0.3, 0.4) is 0 Å². The van der Waals surface area contributed by atoms with Crippen molar-refractivity contribution >= 4 is 34.4 Å². The Balaban J connectivity index is 1.56. The molecule has 4 rings (SSSR count). The molecule has 0 spiro atoms. The second-order valence-electron chi connectivity index (χ2n) is 7.30. The van der Waals surface area contributed by atoms with Gasteiger partial charge in [-0.1, -0.05) is 31.5 Å². The van der Waals surface area contributed by atoms with E-state index in [0.29, 0.717) is 18.1 Å². The van der Waals surface area contributed by atoms with Crippen LogP contribution in [0, 0.1) is 5.92 Å². The van der Waals surface area contributed by atoms with Crippen LogP contribution in [-0.2, 0) is 4.79 Å². The number of carbonyl (C=O) groups is 1. The molecule has 0 saturated carbocycles. The SMILES string of the molecule is CCC(CC)C(=O)N1CCN(c2ncnc3c2cnn3-c2cccc(Cl)c2)CC1. The standard InChI is InChI=1S/C21H25ClN6O/c1-3-15(4-2)21(29)27-10-8-26(9-11-27)19-18-13-25-28(20(18)24-14-23-19)17-7-5-6-16(22)12-17/h5-7,12-15H,3-4,8-11H2,1-2H3. The smallest absolute Gasteiger partial charge is 0.225 e. The molecule has 29 heavy (non-hydrogen) atoms. The predicted molar refractivity (Wildman–Crippen MR) is 115 cm³/mol. The summed E-state index contributed by atoms with van der Waals surface area (Å²) in [6.07, 6.45) is 5.16. The zero-order chi connectivity index (χ0) is 20.4. The van der Waals surface area contributed by atoms with Gasteiger partial charge in [0, 0.05) is 37.1 Å². The number of benzene rings is 1. The van der Waals surface area contributed by atoms with E-state index in [-0.39, 0.29) is 11.8 Å². The zero-order valence-electron chi connectivity index (χ0n) is 16.8. The van der Waals surface area contributed by atoms with Crippen molar-refractivity contribution in [2.45, 2.75) is 26.7 Å². The molecule has 0 N–H and O–H groups in total. The van der Waals surface area contributed by atoms with Gasteiger partial charge >= 0.3 is 0 Å². The van der Waals surface area contributed by atoms with E-state index < -0.39 is 0 Å². The number of anilines is 1. The second kappa shape index (κ2) is 8.37. The van der Waals surface area contributed by atoms with Crippen LogP contribution in [0.15, 0.2) is 36.8 Å². The van der Waals surface area contributed by atoms with Crippen LogP contribution in [0.4, 0.5) is 5.82 Å². The molecule has 3 aromatic rings. The molecule has 0 bridgehead atoms. The molecule has 1 amide bonds. The first-order chi connectivity index (χ1) is 14.1. The van der Waals surface area contributed by atoms with Crippen molar-refractivity contribution < 1.29 is 4.79 Å². The first-order valence-electron chi connectivity index (χ1n) is 10.1. The van der Waals surface area contributed by atoms with Gasteiger partial charge in [0.15, 0.2) is 5.65 Å². The van der Waals surface area contributed by atoms with E-state index in [1.54, 1.807) is 17.2 Å². The number of aromatic nitrogens is 4. The van der Waals surface area contributed by atoms with Gasteiger partial charge in [-0.05, 0) is 31.0 Å². The average molecular weight is 413 g/mol. The molecule has 0 unspecified atom stereocenters. The zero-order valence-corrected chi connectivity index (χ0v) is 17.5. The van der Waals surface area contributed by atoms with Crippen molar-refractivity contribution in [3.8, 4) is 5.69 Å². The van der Waals surface area contributed by atoms with E-state index in [2.05, 4.69) is 33.8 Å². The molecule has 0 radical (unpaired) electrons. The van der Waals surface area contributed by atoms with E-state index in [9.17, 15) is 4.79 Å². The summed E-state index contributed by atoms with van der Waals surface area (Å²) in [7, 11) is 0. The fourth-order valence-electron chi connectivity index (χ4n) is 3.92. The molecule has 8 heteroatoms. The third-order valence-electron chi connectivity index (χ3n) is 5.62. The van der Waals surface area contributed by atoms with E-state index in [0.717, 1.165) is 48.5 Å². The van der Waals surface area contributed by atoms with Crippen molar-refractivity contribution in [1.29, 1.82) is 0 Å². The Bertz CT molecular complexity index is 1010. The molecule has 1 fully saturated rings. The van der Waals surface area contributed by atoms with Gasteiger partial charge in [-0.25, -0.2) is 14.6 Å². The molecular formula is C21H25ClN6O. The maximum absolute atomic E-state index is 12.7. The number of carbonyl (C=O) groups excluding carboxylic acids is 1. The van der Waals surface area contributed by atoms with Crippen LogP contribution in [0.2, 0.25) is 5.02 Å². The van der Waals surface area contributed by atoms with Gasteiger partial charge < -0.3 is 9.80 Å². The molecule has 7 nitrogen and oxygen atoms in total. The first kappa shape index (κ1) is 19.6. The summed E-state index contributed by atoms with van der Waals surface area (Å²) < 4.78 is 1.78. The molecule has 1 aromatic carbocycles. The van der Waals surface area contributed by atoms with Crippen molar-refractivity contribution in [3.63, 3.8) is 0 Å². The normalized spacial score (nSPS) is 14.8. The van der Waals surface area contributed by atoms with Gasteiger partial charge in [-0.15, -0.1) is 0 Å². The van der Waals surface area contributed by atoms with Crippen molar-refractivity contribution in [3.05, 3.63) is 41.8 Å². The summed E-state index contributed by atoms with van der Waals surface area (Å²) in [5.74, 6) is 1.26. The highest BCUT2D eigenvalue weighted by Crippen LogP contribution is 2.26. The molecule has 2 aromatic heterocycles. The number of hydrogen-bond donors (Lipinski definition) is 0. The number of halogens is 1. The van der Waals surface area contributed by atoms with Crippen molar-refractivity contribution in [1.82, 2.24) is 24.6 Å². The lowest BCUT2D eigenvalue weighted by atomic mass is 10.0. The second-order valence-corrected chi connectivity index (χ2v) is 7.73. The Kier molecular flexibility index (Phi) is 5.67. The van der Waals surface area contributed by atoms with Crippen LogP contribution in [0.25, 0.3) is 16.7 Å². The minimum atomic E-state index is 0.128. The average Bonchev–Trinajstić information content (AvgIpc) is 3.19. The van der Waals surface area contributed by atoms with E-state index in [1.165, 1.54) is 0 Å². The number of piperazine rings is 1. The minimum absolute atomic E-state index is 0.128. The summed E-state index contributed by atoms with van der Waals surface area (Å²) in [6, 6.07) is 7.53. The number of rotatable bonds is 5. The Hall–Kier alpha value is -2.67. The summed E-state index contributed by atoms with van der Waals surface area (Å²) in [4.78, 5) is 25.8. The summed E-state index contributed by atoms with van der Waals surface area (Å²) in [5.41, 5.74) is 1.60. The number of amides is 1. The van der Waals surface area contributed by atoms with E-state index >= 15 is 0 Å². The summed E-state index contributed by atoms with van der Waals surface area (Å²) in [5, 5.41) is 6.06. The molecule has 3 heterocycles. The fourth-order valence-corrected chi connectivity index (χ4v) is 4.10. The maximum Gasteiger partial charge on any atom is 0.225 e. The Labute approximate surface area is 175 Å². The van der Waals surface area contributed by atoms with Gasteiger partial charge in [-0.3, -0.25) is 4.79 Å². The number of fused-ring (bicyclic) bond motifs is 1. The molecule has 1 saturated heterocycles. The Morgan fingerprint density at radius 2 is 1.90 bits per heavy atom. The van der Waals surface area contributed by atoms with Crippen LogP contribution < -0.4 is 4.90 Å². The van der Waals surface area contributed by atoms with Crippen LogP contribution in [-0.4, -0.2) is 56.7 Å². The monoisotopic (exact) mass is 412 g/mol. The first-order valence-corrected chi connectivity index (χ1v) is 10.5. The molecule has 0 aliphatic carbocycles. The largest absolute Gasteiger partial charge is 0.352 e. The van der Waals surface area contributed by atoms with Crippen molar-refractivity contribution in [2.24, 2.45) is 5.92 Å².